The third kappa shape index (κ3) is 3.25. The van der Waals surface area contributed by atoms with Gasteiger partial charge in [0.05, 0.1) is 22.3 Å². The predicted molar refractivity (Wildman–Crippen MR) is 98.4 cm³/mol. The normalized spacial score (nSPS) is 19.2. The highest BCUT2D eigenvalue weighted by Gasteiger charge is 2.35. The highest BCUT2D eigenvalue weighted by molar-refractivity contribution is 7.18. The highest BCUT2D eigenvalue weighted by Crippen LogP contribution is 2.37. The molecule has 25 heavy (non-hydrogen) atoms. The van der Waals surface area contributed by atoms with Gasteiger partial charge in [0, 0.05) is 12.4 Å². The molecule has 1 aliphatic rings. The maximum atomic E-state index is 12.6. The number of carbonyl (C=O) groups excluding carboxylic acids is 1. The molecule has 1 amide bonds. The van der Waals surface area contributed by atoms with Crippen LogP contribution in [0.5, 0.6) is 0 Å². The van der Waals surface area contributed by atoms with E-state index in [1.54, 1.807) is 29.8 Å². The highest BCUT2D eigenvalue weighted by atomic mass is 32.1. The van der Waals surface area contributed by atoms with Gasteiger partial charge in [0.1, 0.15) is 5.01 Å². The zero-order valence-corrected chi connectivity index (χ0v) is 14.7. The molecule has 1 saturated heterocycles. The predicted octanol–water partition coefficient (Wildman–Crippen LogP) is 3.25. The van der Waals surface area contributed by atoms with Gasteiger partial charge < -0.3 is 0 Å². The quantitative estimate of drug-likeness (QED) is 0.779. The number of anilines is 1. The fourth-order valence-electron chi connectivity index (χ4n) is 3.28. The molecule has 0 spiro atoms. The molecule has 1 fully saturated rings. The van der Waals surface area contributed by atoms with Crippen molar-refractivity contribution >= 4 is 33.4 Å². The van der Waals surface area contributed by atoms with Crippen LogP contribution in [0, 0.1) is 0 Å². The molecule has 3 heterocycles. The number of rotatable bonds is 4. The minimum atomic E-state index is -0.261. The number of aromatic nitrogens is 3. The van der Waals surface area contributed by atoms with Crippen molar-refractivity contribution in [2.24, 2.45) is 0 Å². The lowest BCUT2D eigenvalue weighted by Crippen LogP contribution is -2.41. The molecule has 1 N–H and O–H groups in total. The van der Waals surface area contributed by atoms with Crippen LogP contribution in [0.15, 0.2) is 42.7 Å². The molecule has 4 rings (SSSR count). The van der Waals surface area contributed by atoms with E-state index in [1.165, 1.54) is 4.70 Å². The van der Waals surface area contributed by atoms with Crippen molar-refractivity contribution in [2.45, 2.75) is 31.8 Å². The Morgan fingerprint density at radius 2 is 2.08 bits per heavy atom. The number of fused-ring (bicyclic) bond motifs is 1. The minimum Gasteiger partial charge on any atom is -0.293 e. The smallest absolute Gasteiger partial charge is 0.243 e. The summed E-state index contributed by atoms with van der Waals surface area (Å²) in [5.74, 6) is 0.259. The number of likely N-dealkylation sites (tertiary alicyclic amines) is 1. The molecule has 2 aromatic heterocycles. The monoisotopic (exact) mass is 353 g/mol. The Morgan fingerprint density at radius 1 is 1.28 bits per heavy atom. The summed E-state index contributed by atoms with van der Waals surface area (Å²) in [5.41, 5.74) is 1.03. The second-order valence-electron chi connectivity index (χ2n) is 6.15. The third-order valence-electron chi connectivity index (χ3n) is 4.57. The summed E-state index contributed by atoms with van der Waals surface area (Å²) in [4.78, 5) is 27.7. The standard InChI is InChI=1S/C18H19N5OS/c1-12(16(24)22-18-19-9-5-10-20-18)23-11-4-7-14(23)17-21-13-6-2-3-8-15(13)25-17/h2-3,5-6,8-10,12,14H,4,7,11H2,1H3,(H,19,20,22,24). The molecule has 0 aliphatic carbocycles. The van der Waals surface area contributed by atoms with Crippen LogP contribution in [-0.4, -0.2) is 38.3 Å². The fraction of sp³-hybridized carbons (Fsp3) is 0.333. The van der Waals surface area contributed by atoms with Crippen molar-refractivity contribution in [3.05, 3.63) is 47.7 Å². The van der Waals surface area contributed by atoms with Crippen LogP contribution in [0.3, 0.4) is 0 Å². The molecule has 0 radical (unpaired) electrons. The van der Waals surface area contributed by atoms with Gasteiger partial charge in [-0.2, -0.15) is 0 Å². The van der Waals surface area contributed by atoms with Crippen LogP contribution in [0.2, 0.25) is 0 Å². The summed E-state index contributed by atoms with van der Waals surface area (Å²) in [7, 11) is 0. The maximum Gasteiger partial charge on any atom is 0.243 e. The zero-order valence-electron chi connectivity index (χ0n) is 13.9. The van der Waals surface area contributed by atoms with E-state index in [0.717, 1.165) is 29.9 Å². The van der Waals surface area contributed by atoms with Gasteiger partial charge in [-0.1, -0.05) is 12.1 Å². The lowest BCUT2D eigenvalue weighted by Gasteiger charge is -2.28. The Balaban J connectivity index is 1.53. The van der Waals surface area contributed by atoms with Crippen molar-refractivity contribution in [1.29, 1.82) is 0 Å². The van der Waals surface area contributed by atoms with Gasteiger partial charge in [0.25, 0.3) is 0 Å². The number of benzene rings is 1. The van der Waals surface area contributed by atoms with Gasteiger partial charge in [-0.15, -0.1) is 11.3 Å². The molecule has 2 atom stereocenters. The van der Waals surface area contributed by atoms with Crippen LogP contribution in [-0.2, 0) is 4.79 Å². The van der Waals surface area contributed by atoms with Gasteiger partial charge >= 0.3 is 0 Å². The number of thiazole rings is 1. The van der Waals surface area contributed by atoms with E-state index in [9.17, 15) is 4.79 Å². The molecule has 3 aromatic rings. The molecule has 128 valence electrons. The van der Waals surface area contributed by atoms with Crippen molar-refractivity contribution in [3.63, 3.8) is 0 Å². The lowest BCUT2D eigenvalue weighted by atomic mass is 10.2. The van der Waals surface area contributed by atoms with Gasteiger partial charge in [0.2, 0.25) is 11.9 Å². The van der Waals surface area contributed by atoms with Crippen LogP contribution < -0.4 is 5.32 Å². The van der Waals surface area contributed by atoms with Gasteiger partial charge in [-0.05, 0) is 44.5 Å². The topological polar surface area (TPSA) is 71.0 Å². The van der Waals surface area contributed by atoms with Crippen molar-refractivity contribution < 1.29 is 4.79 Å². The number of amides is 1. The number of nitrogens with zero attached hydrogens (tertiary/aromatic N) is 4. The van der Waals surface area contributed by atoms with E-state index in [2.05, 4.69) is 26.3 Å². The average molecular weight is 353 g/mol. The largest absolute Gasteiger partial charge is 0.293 e. The summed E-state index contributed by atoms with van der Waals surface area (Å²) >= 11 is 1.72. The molecular formula is C18H19N5OS. The van der Waals surface area contributed by atoms with E-state index in [-0.39, 0.29) is 18.0 Å². The van der Waals surface area contributed by atoms with Crippen molar-refractivity contribution in [2.75, 3.05) is 11.9 Å². The molecular weight excluding hydrogens is 334 g/mol. The van der Waals surface area contributed by atoms with Crippen molar-refractivity contribution in [1.82, 2.24) is 19.9 Å². The summed E-state index contributed by atoms with van der Waals surface area (Å²) < 4.78 is 1.19. The maximum absolute atomic E-state index is 12.6. The Morgan fingerprint density at radius 3 is 2.88 bits per heavy atom. The number of hydrogen-bond donors (Lipinski definition) is 1. The first-order chi connectivity index (χ1) is 12.2. The second-order valence-corrected chi connectivity index (χ2v) is 7.22. The minimum absolute atomic E-state index is 0.0841. The van der Waals surface area contributed by atoms with Gasteiger partial charge in [-0.25, -0.2) is 15.0 Å². The SMILES string of the molecule is CC(C(=O)Nc1ncccn1)N1CCCC1c1nc2ccccc2s1. The van der Waals surface area contributed by atoms with Gasteiger partial charge in [0.15, 0.2) is 0 Å². The Hall–Kier alpha value is -2.38. The molecule has 0 saturated carbocycles. The molecule has 1 aromatic carbocycles. The Kier molecular flexibility index (Phi) is 4.42. The van der Waals surface area contributed by atoms with Crippen molar-refractivity contribution in [3.8, 4) is 0 Å². The van der Waals surface area contributed by atoms with E-state index < -0.39 is 0 Å². The Bertz CT molecular complexity index is 848. The summed E-state index contributed by atoms with van der Waals surface area (Å²) in [6.07, 6.45) is 5.33. The fourth-order valence-corrected chi connectivity index (χ4v) is 4.40. The summed E-state index contributed by atoms with van der Waals surface area (Å²) in [6, 6.07) is 9.83. The first-order valence-corrected chi connectivity index (χ1v) is 9.23. The van der Waals surface area contributed by atoms with Crippen LogP contribution in [0.1, 0.15) is 30.8 Å². The van der Waals surface area contributed by atoms with E-state index in [4.69, 9.17) is 4.98 Å². The zero-order chi connectivity index (χ0) is 17.2. The average Bonchev–Trinajstić information content (AvgIpc) is 3.28. The first kappa shape index (κ1) is 16.1. The first-order valence-electron chi connectivity index (χ1n) is 8.41. The van der Waals surface area contributed by atoms with Crippen LogP contribution in [0.25, 0.3) is 10.2 Å². The molecule has 1 aliphatic heterocycles. The third-order valence-corrected chi connectivity index (χ3v) is 5.71. The van der Waals surface area contributed by atoms with E-state index in [0.29, 0.717) is 5.95 Å². The number of nitrogens with one attached hydrogen (secondary N) is 1. The Labute approximate surface area is 149 Å². The van der Waals surface area contributed by atoms with E-state index in [1.807, 2.05) is 25.1 Å². The number of carbonyl (C=O) groups is 1. The van der Waals surface area contributed by atoms with Gasteiger partial charge in [-0.3, -0.25) is 15.0 Å². The van der Waals surface area contributed by atoms with E-state index >= 15 is 0 Å². The number of para-hydroxylation sites is 1. The molecule has 2 unspecified atom stereocenters. The number of hydrogen-bond acceptors (Lipinski definition) is 6. The lowest BCUT2D eigenvalue weighted by molar-refractivity contribution is -0.121. The van der Waals surface area contributed by atoms with Crippen LogP contribution >= 0.6 is 11.3 Å². The summed E-state index contributed by atoms with van der Waals surface area (Å²) in [6.45, 7) is 2.83. The second kappa shape index (κ2) is 6.85. The molecule has 0 bridgehead atoms. The molecule has 6 nitrogen and oxygen atoms in total. The summed E-state index contributed by atoms with van der Waals surface area (Å²) in [5, 5.41) is 3.89. The molecule has 7 heteroatoms. The van der Waals surface area contributed by atoms with Crippen LogP contribution in [0.4, 0.5) is 5.95 Å².